The molecule has 0 bridgehead atoms. The van der Waals surface area contributed by atoms with E-state index in [4.69, 9.17) is 5.11 Å². The maximum atomic E-state index is 9.70. The first-order valence-electron chi connectivity index (χ1n) is 1.87. The average Bonchev–Trinajstić information content (AvgIpc) is 1.36. The van der Waals surface area contributed by atoms with Gasteiger partial charge in [0, 0.05) is 0 Å². The molecule has 44 valence electrons. The van der Waals surface area contributed by atoms with E-state index in [1.807, 2.05) is 0 Å². The zero-order valence-corrected chi connectivity index (χ0v) is 9.47. The normalized spacial score (nSPS) is 6.88. The van der Waals surface area contributed by atoms with Crippen molar-refractivity contribution in [1.82, 2.24) is 0 Å². The number of carbonyl (C=O) groups is 1. The minimum absolute atomic E-state index is 0. The number of hydrogen-bond acceptors (Lipinski definition) is 1. The molecule has 0 saturated carbocycles. The molecular formula is C4H8INaO2. The van der Waals surface area contributed by atoms with Gasteiger partial charge in [0.05, 0.1) is 5.92 Å². The Morgan fingerprint density at radius 3 is 1.62 bits per heavy atom. The molecule has 0 rings (SSSR count). The summed E-state index contributed by atoms with van der Waals surface area (Å²) >= 11 is 0. The molecule has 0 aliphatic rings. The number of carboxylic acids is 1. The zero-order chi connectivity index (χ0) is 5.15. The first-order chi connectivity index (χ1) is 2.64. The van der Waals surface area contributed by atoms with E-state index in [9.17, 15) is 4.79 Å². The topological polar surface area (TPSA) is 37.3 Å². The first kappa shape index (κ1) is 16.1. The van der Waals surface area contributed by atoms with Gasteiger partial charge in [0.15, 0.2) is 0 Å². The summed E-state index contributed by atoms with van der Waals surface area (Å²) in [4.78, 5) is 9.70. The molecule has 1 N–H and O–H groups in total. The quantitative estimate of drug-likeness (QED) is 0.366. The molecule has 0 aliphatic carbocycles. The van der Waals surface area contributed by atoms with E-state index < -0.39 is 5.97 Å². The van der Waals surface area contributed by atoms with Crippen molar-refractivity contribution in [1.29, 1.82) is 0 Å². The zero-order valence-electron chi connectivity index (χ0n) is 5.31. The number of rotatable bonds is 1. The average molecular weight is 238 g/mol. The molecule has 0 aromatic rings. The Labute approximate surface area is 88.3 Å². The summed E-state index contributed by atoms with van der Waals surface area (Å²) in [5, 5.41) is 7.99. The van der Waals surface area contributed by atoms with Crippen molar-refractivity contribution in [2.24, 2.45) is 5.92 Å². The summed E-state index contributed by atoms with van der Waals surface area (Å²) in [6.45, 7) is 3.28. The molecule has 0 saturated heterocycles. The van der Waals surface area contributed by atoms with Gasteiger partial charge in [-0.3, -0.25) is 4.79 Å². The molecule has 0 unspecified atom stereocenters. The fraction of sp³-hybridized carbons (Fsp3) is 0.750. The molecular weight excluding hydrogens is 230 g/mol. The summed E-state index contributed by atoms with van der Waals surface area (Å²) in [5.41, 5.74) is 0. The molecule has 4 heteroatoms. The van der Waals surface area contributed by atoms with Crippen LogP contribution in [-0.2, 0) is 4.79 Å². The van der Waals surface area contributed by atoms with E-state index in [1.165, 1.54) is 0 Å². The Bertz CT molecular complexity index is 65.1. The van der Waals surface area contributed by atoms with Gasteiger partial charge in [-0.2, -0.15) is 0 Å². The van der Waals surface area contributed by atoms with Crippen molar-refractivity contribution in [3.63, 3.8) is 0 Å². The van der Waals surface area contributed by atoms with Crippen LogP contribution in [0, 0.1) is 5.92 Å². The van der Waals surface area contributed by atoms with E-state index in [0.29, 0.717) is 0 Å². The predicted molar refractivity (Wildman–Crippen MR) is 22.5 cm³/mol. The Morgan fingerprint density at radius 2 is 1.62 bits per heavy atom. The van der Waals surface area contributed by atoms with E-state index in [1.54, 1.807) is 13.8 Å². The Balaban J connectivity index is -0.000000125. The molecule has 0 aromatic heterocycles. The van der Waals surface area contributed by atoms with Crippen LogP contribution in [0.25, 0.3) is 0 Å². The summed E-state index contributed by atoms with van der Waals surface area (Å²) in [5.74, 6) is -0.972. The summed E-state index contributed by atoms with van der Waals surface area (Å²) < 4.78 is 0. The second-order valence-electron chi connectivity index (χ2n) is 1.49. The number of aliphatic carboxylic acids is 1. The van der Waals surface area contributed by atoms with Crippen LogP contribution < -0.4 is 53.5 Å². The number of halogens is 1. The molecule has 0 amide bonds. The fourth-order valence-electron chi connectivity index (χ4n) is 0. The minimum Gasteiger partial charge on any atom is -1.00 e. The monoisotopic (exact) mass is 238 g/mol. The van der Waals surface area contributed by atoms with Gasteiger partial charge in [-0.25, -0.2) is 0 Å². The van der Waals surface area contributed by atoms with Crippen LogP contribution in [0.4, 0.5) is 0 Å². The number of hydrogen-bond donors (Lipinski definition) is 1. The van der Waals surface area contributed by atoms with Gasteiger partial charge in [0.25, 0.3) is 0 Å². The third-order valence-electron chi connectivity index (χ3n) is 0.494. The van der Waals surface area contributed by atoms with Crippen LogP contribution in [0.3, 0.4) is 0 Å². The smallest absolute Gasteiger partial charge is 1.00 e. The van der Waals surface area contributed by atoms with Crippen LogP contribution in [-0.4, -0.2) is 11.1 Å². The SMILES string of the molecule is CC(C)C(=O)O.[I-].[Na+]. The molecule has 2 nitrogen and oxygen atoms in total. The Kier molecular flexibility index (Phi) is 16.5. The molecule has 0 spiro atoms. The molecule has 0 aliphatic heterocycles. The molecule has 0 atom stereocenters. The van der Waals surface area contributed by atoms with Crippen molar-refractivity contribution in [3.05, 3.63) is 0 Å². The largest absolute Gasteiger partial charge is 1.00 e. The number of carboxylic acid groups (broad SMARTS) is 1. The van der Waals surface area contributed by atoms with E-state index in [-0.39, 0.29) is 59.5 Å². The summed E-state index contributed by atoms with van der Waals surface area (Å²) in [7, 11) is 0. The van der Waals surface area contributed by atoms with E-state index in [2.05, 4.69) is 0 Å². The van der Waals surface area contributed by atoms with E-state index >= 15 is 0 Å². The van der Waals surface area contributed by atoms with Crippen molar-refractivity contribution < 1.29 is 63.4 Å². The fourth-order valence-corrected chi connectivity index (χ4v) is 0. The van der Waals surface area contributed by atoms with Crippen molar-refractivity contribution >= 4 is 5.97 Å². The second kappa shape index (κ2) is 8.20. The van der Waals surface area contributed by atoms with Crippen LogP contribution in [0.5, 0.6) is 0 Å². The van der Waals surface area contributed by atoms with Gasteiger partial charge < -0.3 is 29.1 Å². The van der Waals surface area contributed by atoms with Crippen molar-refractivity contribution in [2.75, 3.05) is 0 Å². The van der Waals surface area contributed by atoms with Crippen LogP contribution >= 0.6 is 0 Å². The molecule has 0 fully saturated rings. The minimum atomic E-state index is -0.741. The molecule has 0 radical (unpaired) electrons. The maximum absolute atomic E-state index is 9.70. The van der Waals surface area contributed by atoms with Gasteiger partial charge in [-0.15, -0.1) is 0 Å². The van der Waals surface area contributed by atoms with Crippen LogP contribution in [0.1, 0.15) is 13.8 Å². The van der Waals surface area contributed by atoms with Gasteiger partial charge >= 0.3 is 35.5 Å². The molecule has 0 aromatic carbocycles. The molecule has 8 heavy (non-hydrogen) atoms. The van der Waals surface area contributed by atoms with E-state index in [0.717, 1.165) is 0 Å². The van der Waals surface area contributed by atoms with Gasteiger partial charge in [0.1, 0.15) is 0 Å². The summed E-state index contributed by atoms with van der Waals surface area (Å²) in [6, 6.07) is 0. The second-order valence-corrected chi connectivity index (χ2v) is 1.49. The Morgan fingerprint density at radius 1 is 1.50 bits per heavy atom. The van der Waals surface area contributed by atoms with Gasteiger partial charge in [0.2, 0.25) is 0 Å². The van der Waals surface area contributed by atoms with Crippen molar-refractivity contribution in [3.8, 4) is 0 Å². The third kappa shape index (κ3) is 10.2. The summed E-state index contributed by atoms with van der Waals surface area (Å²) in [6.07, 6.45) is 0. The Hall–Kier alpha value is 1.20. The van der Waals surface area contributed by atoms with Gasteiger partial charge in [-0.1, -0.05) is 13.8 Å². The molecule has 0 heterocycles. The third-order valence-corrected chi connectivity index (χ3v) is 0.494. The van der Waals surface area contributed by atoms with Crippen LogP contribution in [0.2, 0.25) is 0 Å². The maximum Gasteiger partial charge on any atom is 1.00 e. The van der Waals surface area contributed by atoms with Crippen molar-refractivity contribution in [2.45, 2.75) is 13.8 Å². The van der Waals surface area contributed by atoms with Gasteiger partial charge in [-0.05, 0) is 0 Å². The predicted octanol–water partition coefficient (Wildman–Crippen LogP) is -5.26. The standard InChI is InChI=1S/C4H8O2.HI.Na/c1-3(2)4(5)6;;/h3H,1-2H3,(H,5,6);1H;/q;;+1/p-1. The van der Waals surface area contributed by atoms with Crippen LogP contribution in [0.15, 0.2) is 0 Å². The first-order valence-corrected chi connectivity index (χ1v) is 1.87.